The van der Waals surface area contributed by atoms with Crippen molar-refractivity contribution in [1.29, 1.82) is 0 Å². The van der Waals surface area contributed by atoms with Crippen molar-refractivity contribution < 1.29 is 9.59 Å². The van der Waals surface area contributed by atoms with Crippen molar-refractivity contribution >= 4 is 17.7 Å². The molecule has 0 radical (unpaired) electrons. The fraction of sp³-hybridized carbons (Fsp3) is 0.176. The van der Waals surface area contributed by atoms with E-state index in [-0.39, 0.29) is 0 Å². The van der Waals surface area contributed by atoms with E-state index in [1.54, 1.807) is 24.3 Å². The molecule has 0 atom stereocenters. The Morgan fingerprint density at radius 2 is 1.45 bits per heavy atom. The number of amides is 4. The van der Waals surface area contributed by atoms with Crippen molar-refractivity contribution in [2.45, 2.75) is 12.8 Å². The average molecular weight is 297 g/mol. The van der Waals surface area contributed by atoms with Gasteiger partial charge in [-0.3, -0.25) is 5.32 Å². The third-order valence-corrected chi connectivity index (χ3v) is 3.03. The van der Waals surface area contributed by atoms with Crippen LogP contribution in [0.1, 0.15) is 12.0 Å². The van der Waals surface area contributed by atoms with Gasteiger partial charge in [-0.2, -0.15) is 0 Å². The van der Waals surface area contributed by atoms with Crippen molar-refractivity contribution in [1.82, 2.24) is 10.6 Å². The molecule has 0 aliphatic heterocycles. The van der Waals surface area contributed by atoms with Gasteiger partial charge in [-0.05, 0) is 30.5 Å². The zero-order valence-corrected chi connectivity index (χ0v) is 12.2. The van der Waals surface area contributed by atoms with Gasteiger partial charge in [0.05, 0.1) is 0 Å². The lowest BCUT2D eigenvalue weighted by molar-refractivity contribution is 0.233. The highest BCUT2D eigenvalue weighted by atomic mass is 16.2. The number of imide groups is 1. The molecule has 0 fully saturated rings. The molecule has 0 aromatic heterocycles. The molecular formula is C17H19N3O2. The molecule has 22 heavy (non-hydrogen) atoms. The van der Waals surface area contributed by atoms with Crippen molar-refractivity contribution in [3.63, 3.8) is 0 Å². The van der Waals surface area contributed by atoms with E-state index < -0.39 is 12.1 Å². The number of nitrogens with one attached hydrogen (secondary N) is 3. The van der Waals surface area contributed by atoms with Crippen molar-refractivity contribution in [3.8, 4) is 0 Å². The van der Waals surface area contributed by atoms with Gasteiger partial charge in [-0.15, -0.1) is 0 Å². The molecule has 0 heterocycles. The Bertz CT molecular complexity index is 600. The number of carbonyl (C=O) groups excluding carboxylic acids is 2. The largest absolute Gasteiger partial charge is 0.338 e. The Morgan fingerprint density at radius 1 is 0.818 bits per heavy atom. The topological polar surface area (TPSA) is 70.2 Å². The van der Waals surface area contributed by atoms with Gasteiger partial charge in [0, 0.05) is 12.2 Å². The quantitative estimate of drug-likeness (QED) is 0.742. The minimum Gasteiger partial charge on any atom is -0.338 e. The van der Waals surface area contributed by atoms with Gasteiger partial charge in [0.25, 0.3) is 0 Å². The zero-order chi connectivity index (χ0) is 15.6. The maximum atomic E-state index is 11.6. The van der Waals surface area contributed by atoms with Crippen LogP contribution in [0.4, 0.5) is 15.3 Å². The second-order valence-corrected chi connectivity index (χ2v) is 4.79. The van der Waals surface area contributed by atoms with Crippen LogP contribution in [0.3, 0.4) is 0 Å². The first-order valence-electron chi connectivity index (χ1n) is 7.19. The van der Waals surface area contributed by atoms with Crippen LogP contribution in [-0.4, -0.2) is 18.6 Å². The lowest BCUT2D eigenvalue weighted by Crippen LogP contribution is -2.42. The van der Waals surface area contributed by atoms with Gasteiger partial charge in [0.2, 0.25) is 0 Å². The third kappa shape index (κ3) is 5.66. The van der Waals surface area contributed by atoms with E-state index in [9.17, 15) is 9.59 Å². The maximum absolute atomic E-state index is 11.6. The Labute approximate surface area is 129 Å². The first kappa shape index (κ1) is 15.6. The van der Waals surface area contributed by atoms with Gasteiger partial charge >= 0.3 is 12.1 Å². The molecule has 5 nitrogen and oxygen atoms in total. The number of benzene rings is 2. The first-order chi connectivity index (χ1) is 10.7. The SMILES string of the molecule is O=C(NCCCc1ccccc1)NC(=O)Nc1ccccc1. The lowest BCUT2D eigenvalue weighted by Gasteiger charge is -2.08. The summed E-state index contributed by atoms with van der Waals surface area (Å²) in [6, 6.07) is 18.0. The predicted octanol–water partition coefficient (Wildman–Crippen LogP) is 3.15. The van der Waals surface area contributed by atoms with Crippen LogP contribution < -0.4 is 16.0 Å². The van der Waals surface area contributed by atoms with Gasteiger partial charge in [0.15, 0.2) is 0 Å². The number of para-hydroxylation sites is 1. The van der Waals surface area contributed by atoms with E-state index in [2.05, 4.69) is 16.0 Å². The molecule has 2 aromatic rings. The summed E-state index contributed by atoms with van der Waals surface area (Å²) >= 11 is 0. The Hall–Kier alpha value is -2.82. The second-order valence-electron chi connectivity index (χ2n) is 4.79. The molecule has 0 spiro atoms. The van der Waals surface area contributed by atoms with Crippen LogP contribution in [0.25, 0.3) is 0 Å². The maximum Gasteiger partial charge on any atom is 0.327 e. The molecule has 3 N–H and O–H groups in total. The monoisotopic (exact) mass is 297 g/mol. The zero-order valence-electron chi connectivity index (χ0n) is 12.2. The van der Waals surface area contributed by atoms with Crippen molar-refractivity contribution in [3.05, 3.63) is 66.2 Å². The van der Waals surface area contributed by atoms with Gasteiger partial charge in [-0.25, -0.2) is 9.59 Å². The van der Waals surface area contributed by atoms with Gasteiger partial charge < -0.3 is 10.6 Å². The molecule has 5 heteroatoms. The summed E-state index contributed by atoms with van der Waals surface area (Å²) < 4.78 is 0. The number of hydrogen-bond acceptors (Lipinski definition) is 2. The minimum atomic E-state index is -0.549. The fourth-order valence-electron chi connectivity index (χ4n) is 1.97. The first-order valence-corrected chi connectivity index (χ1v) is 7.19. The van der Waals surface area contributed by atoms with Gasteiger partial charge in [0.1, 0.15) is 0 Å². The fourth-order valence-corrected chi connectivity index (χ4v) is 1.97. The Morgan fingerprint density at radius 3 is 2.14 bits per heavy atom. The molecule has 0 unspecified atom stereocenters. The van der Waals surface area contributed by atoms with Crippen LogP contribution in [-0.2, 0) is 6.42 Å². The average Bonchev–Trinajstić information content (AvgIpc) is 2.53. The molecule has 2 aromatic carbocycles. The van der Waals surface area contributed by atoms with Crippen molar-refractivity contribution in [2.75, 3.05) is 11.9 Å². The third-order valence-electron chi connectivity index (χ3n) is 3.03. The van der Waals surface area contributed by atoms with Crippen LogP contribution >= 0.6 is 0 Å². The highest BCUT2D eigenvalue weighted by Gasteiger charge is 2.06. The standard InChI is InChI=1S/C17H19N3O2/c21-16(18-13-7-10-14-8-3-1-4-9-14)20-17(22)19-15-11-5-2-6-12-15/h1-6,8-9,11-12H,7,10,13H2,(H3,18,19,20,21,22). The summed E-state index contributed by atoms with van der Waals surface area (Å²) in [5, 5.41) is 7.46. The minimum absolute atomic E-state index is 0.499. The highest BCUT2D eigenvalue weighted by Crippen LogP contribution is 2.04. The number of anilines is 1. The van der Waals surface area contributed by atoms with E-state index in [0.29, 0.717) is 12.2 Å². The second kappa shape index (κ2) is 8.46. The van der Waals surface area contributed by atoms with Crippen LogP contribution in [0.5, 0.6) is 0 Å². The van der Waals surface area contributed by atoms with E-state index in [1.165, 1.54) is 5.56 Å². The van der Waals surface area contributed by atoms with Crippen LogP contribution in [0.15, 0.2) is 60.7 Å². The van der Waals surface area contributed by atoms with E-state index >= 15 is 0 Å². The Kier molecular flexibility index (Phi) is 5.99. The molecule has 0 saturated carbocycles. The molecular weight excluding hydrogens is 278 g/mol. The molecule has 114 valence electrons. The summed E-state index contributed by atoms with van der Waals surface area (Å²) in [7, 11) is 0. The number of rotatable bonds is 5. The Balaban J connectivity index is 1.62. The highest BCUT2D eigenvalue weighted by molar-refractivity contribution is 6.00. The summed E-state index contributed by atoms with van der Waals surface area (Å²) in [5.41, 5.74) is 1.86. The van der Waals surface area contributed by atoms with E-state index in [4.69, 9.17) is 0 Å². The normalized spacial score (nSPS) is 9.82. The number of carbonyl (C=O) groups is 2. The lowest BCUT2D eigenvalue weighted by atomic mass is 10.1. The molecule has 0 bridgehead atoms. The smallest absolute Gasteiger partial charge is 0.327 e. The molecule has 0 saturated heterocycles. The van der Waals surface area contributed by atoms with Gasteiger partial charge in [-0.1, -0.05) is 48.5 Å². The number of urea groups is 2. The van der Waals surface area contributed by atoms with Crippen LogP contribution in [0.2, 0.25) is 0 Å². The molecule has 0 aliphatic carbocycles. The summed E-state index contributed by atoms with van der Waals surface area (Å²) in [5.74, 6) is 0. The van der Waals surface area contributed by atoms with E-state index in [0.717, 1.165) is 12.8 Å². The van der Waals surface area contributed by atoms with E-state index in [1.807, 2.05) is 36.4 Å². The summed E-state index contributed by atoms with van der Waals surface area (Å²) in [6.07, 6.45) is 1.70. The molecule has 0 aliphatic rings. The van der Waals surface area contributed by atoms with Crippen LogP contribution in [0, 0.1) is 0 Å². The number of aryl methyl sites for hydroxylation is 1. The predicted molar refractivity (Wildman–Crippen MR) is 86.8 cm³/mol. The summed E-state index contributed by atoms with van der Waals surface area (Å²) in [4.78, 5) is 23.2. The van der Waals surface area contributed by atoms with Crippen molar-refractivity contribution in [2.24, 2.45) is 0 Å². The number of hydrogen-bond donors (Lipinski definition) is 3. The molecule has 4 amide bonds. The molecule has 2 rings (SSSR count). The summed E-state index contributed by atoms with van der Waals surface area (Å²) in [6.45, 7) is 0.513.